The number of hydrogen-bond acceptors (Lipinski definition) is 5. The molecule has 0 spiro atoms. The standard InChI is InChI=1S/C22H29Cl2N5O2S/c1-14-11-18(23)27-20(24)19(14)21(30)26-7-3-15(2)28-8-4-17(5-9-28)29(22(25)31)12-16-6-10-32-13-16/h6,10-11,13,15,17H,3-5,7-9,12H2,1-2H3,(H2,25,31)(H,26,30)/t15-/m1/s1. The lowest BCUT2D eigenvalue weighted by molar-refractivity contribution is 0.0916. The largest absolute Gasteiger partial charge is 0.352 e. The van der Waals surface area contributed by atoms with Gasteiger partial charge in [-0.25, -0.2) is 9.78 Å². The second-order valence-electron chi connectivity index (χ2n) is 8.19. The number of amides is 3. The second-order valence-corrected chi connectivity index (χ2v) is 9.71. The Morgan fingerprint density at radius 1 is 1.38 bits per heavy atom. The summed E-state index contributed by atoms with van der Waals surface area (Å²) in [5, 5.41) is 7.38. The van der Waals surface area contributed by atoms with Crippen molar-refractivity contribution >= 4 is 46.5 Å². The fourth-order valence-electron chi connectivity index (χ4n) is 4.14. The summed E-state index contributed by atoms with van der Waals surface area (Å²) in [4.78, 5) is 32.7. The minimum Gasteiger partial charge on any atom is -0.352 e. The van der Waals surface area contributed by atoms with Gasteiger partial charge in [0.1, 0.15) is 10.3 Å². The molecule has 10 heteroatoms. The van der Waals surface area contributed by atoms with Gasteiger partial charge >= 0.3 is 6.03 Å². The maximum atomic E-state index is 12.5. The molecule has 1 fully saturated rings. The second kappa shape index (κ2) is 11.3. The monoisotopic (exact) mass is 497 g/mol. The summed E-state index contributed by atoms with van der Waals surface area (Å²) in [5.74, 6) is -0.242. The number of aryl methyl sites for hydroxylation is 1. The van der Waals surface area contributed by atoms with Crippen LogP contribution in [0.15, 0.2) is 22.9 Å². The first-order chi connectivity index (χ1) is 15.3. The molecule has 2 aromatic heterocycles. The number of halogens is 2. The van der Waals surface area contributed by atoms with Crippen LogP contribution in [0.4, 0.5) is 4.79 Å². The predicted octanol–water partition coefficient (Wildman–Crippen LogP) is 4.31. The van der Waals surface area contributed by atoms with Crippen molar-refractivity contribution in [3.63, 3.8) is 0 Å². The molecule has 1 saturated heterocycles. The molecule has 0 unspecified atom stereocenters. The highest BCUT2D eigenvalue weighted by atomic mass is 35.5. The third kappa shape index (κ3) is 6.34. The van der Waals surface area contributed by atoms with Crippen LogP contribution in [0.1, 0.15) is 47.7 Å². The number of hydrogen-bond donors (Lipinski definition) is 2. The first-order valence-electron chi connectivity index (χ1n) is 10.7. The van der Waals surface area contributed by atoms with Crippen molar-refractivity contribution in [3.05, 3.63) is 49.9 Å². The predicted molar refractivity (Wildman–Crippen MR) is 129 cm³/mol. The van der Waals surface area contributed by atoms with E-state index in [-0.39, 0.29) is 28.3 Å². The molecular weight excluding hydrogens is 469 g/mol. The molecule has 1 aliphatic rings. The van der Waals surface area contributed by atoms with Gasteiger partial charge in [0.15, 0.2) is 0 Å². The van der Waals surface area contributed by atoms with Gasteiger partial charge in [-0.3, -0.25) is 4.79 Å². The highest BCUT2D eigenvalue weighted by molar-refractivity contribution is 7.07. The van der Waals surface area contributed by atoms with Crippen molar-refractivity contribution in [1.82, 2.24) is 20.1 Å². The zero-order chi connectivity index (χ0) is 23.3. The molecule has 0 radical (unpaired) electrons. The van der Waals surface area contributed by atoms with Gasteiger partial charge in [-0.2, -0.15) is 11.3 Å². The maximum absolute atomic E-state index is 12.5. The molecule has 32 heavy (non-hydrogen) atoms. The minimum absolute atomic E-state index is 0.115. The van der Waals surface area contributed by atoms with E-state index in [0.717, 1.165) is 37.9 Å². The van der Waals surface area contributed by atoms with Crippen LogP contribution >= 0.6 is 34.5 Å². The molecule has 1 aliphatic heterocycles. The molecule has 3 amide bonds. The quantitative estimate of drug-likeness (QED) is 0.531. The van der Waals surface area contributed by atoms with Crippen LogP contribution in [0.2, 0.25) is 10.3 Å². The van der Waals surface area contributed by atoms with E-state index in [0.29, 0.717) is 30.3 Å². The van der Waals surface area contributed by atoms with E-state index in [1.54, 1.807) is 29.2 Å². The normalized spacial score (nSPS) is 16.0. The number of nitrogens with one attached hydrogen (secondary N) is 1. The highest BCUT2D eigenvalue weighted by Gasteiger charge is 2.28. The number of pyridine rings is 1. The molecule has 1 atom stereocenters. The van der Waals surface area contributed by atoms with Crippen molar-refractivity contribution in [2.24, 2.45) is 5.73 Å². The maximum Gasteiger partial charge on any atom is 0.315 e. The molecule has 3 rings (SSSR count). The Balaban J connectivity index is 1.46. The van der Waals surface area contributed by atoms with Gasteiger partial charge in [-0.15, -0.1) is 0 Å². The highest BCUT2D eigenvalue weighted by Crippen LogP contribution is 2.23. The Bertz CT molecular complexity index is 909. The third-order valence-electron chi connectivity index (χ3n) is 6.00. The molecule has 0 aromatic carbocycles. The smallest absolute Gasteiger partial charge is 0.315 e. The van der Waals surface area contributed by atoms with E-state index < -0.39 is 0 Å². The lowest BCUT2D eigenvalue weighted by Gasteiger charge is -2.40. The molecule has 0 bridgehead atoms. The Morgan fingerprint density at radius 3 is 2.69 bits per heavy atom. The van der Waals surface area contributed by atoms with Crippen LogP contribution in [0.3, 0.4) is 0 Å². The number of nitrogens with two attached hydrogens (primary N) is 1. The van der Waals surface area contributed by atoms with Gasteiger partial charge in [-0.1, -0.05) is 23.2 Å². The SMILES string of the molecule is Cc1cc(Cl)nc(Cl)c1C(=O)NCC[C@@H](C)N1CCC(N(Cc2ccsc2)C(N)=O)CC1. The molecule has 7 nitrogen and oxygen atoms in total. The zero-order valence-corrected chi connectivity index (χ0v) is 20.6. The Kier molecular flexibility index (Phi) is 8.76. The van der Waals surface area contributed by atoms with Crippen LogP contribution in [-0.2, 0) is 6.54 Å². The van der Waals surface area contributed by atoms with E-state index in [4.69, 9.17) is 28.9 Å². The first-order valence-corrected chi connectivity index (χ1v) is 12.4. The topological polar surface area (TPSA) is 91.6 Å². The van der Waals surface area contributed by atoms with E-state index in [9.17, 15) is 9.59 Å². The van der Waals surface area contributed by atoms with Gasteiger partial charge in [-0.05, 0) is 67.1 Å². The van der Waals surface area contributed by atoms with E-state index >= 15 is 0 Å². The summed E-state index contributed by atoms with van der Waals surface area (Å²) < 4.78 is 0. The fourth-order valence-corrected chi connectivity index (χ4v) is 5.42. The number of thiophene rings is 1. The summed E-state index contributed by atoms with van der Waals surface area (Å²) >= 11 is 13.6. The summed E-state index contributed by atoms with van der Waals surface area (Å²) in [6.45, 7) is 6.82. The van der Waals surface area contributed by atoms with Crippen LogP contribution in [0, 0.1) is 6.92 Å². The minimum atomic E-state index is -0.365. The number of primary amides is 1. The summed E-state index contributed by atoms with van der Waals surface area (Å²) in [7, 11) is 0. The van der Waals surface area contributed by atoms with E-state index in [1.165, 1.54) is 0 Å². The van der Waals surface area contributed by atoms with Crippen LogP contribution < -0.4 is 11.1 Å². The lowest BCUT2D eigenvalue weighted by Crippen LogP contribution is -2.50. The van der Waals surface area contributed by atoms with Crippen LogP contribution in [0.5, 0.6) is 0 Å². The molecule has 3 N–H and O–H groups in total. The van der Waals surface area contributed by atoms with Gasteiger partial charge in [0.2, 0.25) is 0 Å². The van der Waals surface area contributed by atoms with E-state index in [2.05, 4.69) is 27.5 Å². The number of urea groups is 1. The number of carbonyl (C=O) groups excluding carboxylic acids is 2. The summed E-state index contributed by atoms with van der Waals surface area (Å²) in [6, 6.07) is 3.74. The number of rotatable bonds is 8. The van der Waals surface area contributed by atoms with Crippen molar-refractivity contribution < 1.29 is 9.59 Å². The molecule has 3 heterocycles. The number of aromatic nitrogens is 1. The Morgan fingerprint density at radius 2 is 2.09 bits per heavy atom. The van der Waals surface area contributed by atoms with Gasteiger partial charge in [0.05, 0.1) is 5.56 Å². The first kappa shape index (κ1) is 24.8. The Labute approximate surface area is 202 Å². The number of nitrogens with zero attached hydrogens (tertiary/aromatic N) is 3. The number of piperidine rings is 1. The number of carbonyl (C=O) groups is 2. The third-order valence-corrected chi connectivity index (χ3v) is 7.19. The number of likely N-dealkylation sites (tertiary alicyclic amines) is 1. The molecule has 2 aromatic rings. The van der Waals surface area contributed by atoms with E-state index in [1.807, 2.05) is 11.4 Å². The van der Waals surface area contributed by atoms with Gasteiger partial charge in [0.25, 0.3) is 5.91 Å². The molecule has 0 saturated carbocycles. The van der Waals surface area contributed by atoms with Crippen LogP contribution in [0.25, 0.3) is 0 Å². The molecular formula is C22H29Cl2N5O2S. The van der Waals surface area contributed by atoms with Gasteiger partial charge < -0.3 is 20.9 Å². The average Bonchev–Trinajstić information content (AvgIpc) is 3.24. The molecule has 0 aliphatic carbocycles. The average molecular weight is 498 g/mol. The Hall–Kier alpha value is -1.87. The zero-order valence-electron chi connectivity index (χ0n) is 18.3. The van der Waals surface area contributed by atoms with Crippen molar-refractivity contribution in [2.75, 3.05) is 19.6 Å². The van der Waals surface area contributed by atoms with Crippen LogP contribution in [-0.4, -0.2) is 58.4 Å². The van der Waals surface area contributed by atoms with Crippen molar-refractivity contribution in [1.29, 1.82) is 0 Å². The lowest BCUT2D eigenvalue weighted by atomic mass is 10.0. The van der Waals surface area contributed by atoms with Crippen molar-refractivity contribution in [3.8, 4) is 0 Å². The van der Waals surface area contributed by atoms with Crippen molar-refractivity contribution in [2.45, 2.75) is 51.7 Å². The summed E-state index contributed by atoms with van der Waals surface area (Å²) in [5.41, 5.74) is 7.84. The fraction of sp³-hybridized carbons (Fsp3) is 0.500. The molecule has 174 valence electrons. The van der Waals surface area contributed by atoms with Gasteiger partial charge in [0, 0.05) is 38.3 Å². The summed E-state index contributed by atoms with van der Waals surface area (Å²) in [6.07, 6.45) is 2.58.